The van der Waals surface area contributed by atoms with Crippen LogP contribution < -0.4 is 5.32 Å². The summed E-state index contributed by atoms with van der Waals surface area (Å²) in [5.41, 5.74) is 1.59. The van der Waals surface area contributed by atoms with Crippen LogP contribution in [0, 0.1) is 6.92 Å². The fourth-order valence-corrected chi connectivity index (χ4v) is 1.57. The predicted octanol–water partition coefficient (Wildman–Crippen LogP) is 1.65. The first-order chi connectivity index (χ1) is 8.70. The van der Waals surface area contributed by atoms with E-state index in [-0.39, 0.29) is 5.76 Å². The molecule has 0 fully saturated rings. The van der Waals surface area contributed by atoms with Crippen LogP contribution in [0.1, 0.15) is 27.6 Å². The molecule has 96 valence electrons. The first-order valence-electron chi connectivity index (χ1n) is 5.48. The van der Waals surface area contributed by atoms with Gasteiger partial charge < -0.3 is 19.0 Å². The lowest BCUT2D eigenvalue weighted by molar-refractivity contribution is 0.0563. The first-order valence-corrected chi connectivity index (χ1v) is 5.48. The minimum atomic E-state index is -0.479. The monoisotopic (exact) mass is 250 g/mol. The maximum atomic E-state index is 11.4. The van der Waals surface area contributed by atoms with E-state index in [4.69, 9.17) is 8.94 Å². The summed E-state index contributed by atoms with van der Waals surface area (Å²) in [5, 5.41) is 6.92. The lowest BCUT2D eigenvalue weighted by Gasteiger charge is -2.02. The lowest BCUT2D eigenvalue weighted by atomic mass is 10.2. The van der Waals surface area contributed by atoms with Gasteiger partial charge in [-0.15, -0.1) is 0 Å². The Morgan fingerprint density at radius 1 is 1.50 bits per heavy atom. The highest BCUT2D eigenvalue weighted by Gasteiger charge is 2.15. The van der Waals surface area contributed by atoms with Crippen molar-refractivity contribution in [3.05, 3.63) is 41.2 Å². The molecule has 0 radical (unpaired) electrons. The highest BCUT2D eigenvalue weighted by atomic mass is 16.5. The standard InChI is InChI=1S/C12H14N2O4/c1-8-5-10(18-14-8)7-13-6-9-3-4-17-11(9)12(15)16-2/h3-5,13H,6-7H2,1-2H3. The maximum Gasteiger partial charge on any atom is 0.374 e. The molecule has 0 aliphatic heterocycles. The van der Waals surface area contributed by atoms with Crippen molar-refractivity contribution in [2.45, 2.75) is 20.0 Å². The molecular formula is C12H14N2O4. The molecule has 0 aliphatic rings. The van der Waals surface area contributed by atoms with Crippen molar-refractivity contribution in [1.29, 1.82) is 0 Å². The van der Waals surface area contributed by atoms with Crippen LogP contribution in [-0.2, 0) is 17.8 Å². The lowest BCUT2D eigenvalue weighted by Crippen LogP contribution is -2.14. The van der Waals surface area contributed by atoms with Gasteiger partial charge in [-0.2, -0.15) is 0 Å². The molecule has 0 saturated heterocycles. The zero-order valence-corrected chi connectivity index (χ0v) is 10.2. The van der Waals surface area contributed by atoms with Gasteiger partial charge in [0.1, 0.15) is 0 Å². The molecule has 0 spiro atoms. The second-order valence-corrected chi connectivity index (χ2v) is 3.80. The summed E-state index contributed by atoms with van der Waals surface area (Å²) in [6.45, 7) is 2.88. The smallest absolute Gasteiger partial charge is 0.374 e. The van der Waals surface area contributed by atoms with Gasteiger partial charge in [-0.3, -0.25) is 0 Å². The van der Waals surface area contributed by atoms with E-state index in [9.17, 15) is 4.79 Å². The Morgan fingerprint density at radius 3 is 3.00 bits per heavy atom. The van der Waals surface area contributed by atoms with Gasteiger partial charge in [0.15, 0.2) is 5.76 Å². The quantitative estimate of drug-likeness (QED) is 0.813. The average molecular weight is 250 g/mol. The van der Waals surface area contributed by atoms with Gasteiger partial charge in [0.25, 0.3) is 0 Å². The van der Waals surface area contributed by atoms with Crippen LogP contribution in [0.15, 0.2) is 27.3 Å². The van der Waals surface area contributed by atoms with Crippen LogP contribution in [0.3, 0.4) is 0 Å². The van der Waals surface area contributed by atoms with Crippen LogP contribution >= 0.6 is 0 Å². The highest BCUT2D eigenvalue weighted by molar-refractivity contribution is 5.87. The highest BCUT2D eigenvalue weighted by Crippen LogP contribution is 2.12. The summed E-state index contributed by atoms with van der Waals surface area (Å²) >= 11 is 0. The summed E-state index contributed by atoms with van der Waals surface area (Å²) in [4.78, 5) is 11.4. The molecule has 2 aromatic heterocycles. The summed E-state index contributed by atoms with van der Waals surface area (Å²) < 4.78 is 14.7. The number of aryl methyl sites for hydroxylation is 1. The van der Waals surface area contributed by atoms with Crippen molar-refractivity contribution < 1.29 is 18.5 Å². The number of carbonyl (C=O) groups is 1. The Kier molecular flexibility index (Phi) is 3.78. The van der Waals surface area contributed by atoms with Crippen LogP contribution in [0.2, 0.25) is 0 Å². The first kappa shape index (κ1) is 12.4. The van der Waals surface area contributed by atoms with Gasteiger partial charge in [0, 0.05) is 18.2 Å². The zero-order chi connectivity index (χ0) is 13.0. The minimum absolute atomic E-state index is 0.221. The summed E-state index contributed by atoms with van der Waals surface area (Å²) in [7, 11) is 1.32. The number of hydrogen-bond donors (Lipinski definition) is 1. The molecular weight excluding hydrogens is 236 g/mol. The van der Waals surface area contributed by atoms with E-state index in [1.54, 1.807) is 6.07 Å². The number of ether oxygens (including phenoxy) is 1. The molecule has 0 aliphatic carbocycles. The molecule has 6 heteroatoms. The number of nitrogens with one attached hydrogen (secondary N) is 1. The Morgan fingerprint density at radius 2 is 2.33 bits per heavy atom. The fraction of sp³-hybridized carbons (Fsp3) is 0.333. The van der Waals surface area contributed by atoms with Crippen molar-refractivity contribution in [3.8, 4) is 0 Å². The van der Waals surface area contributed by atoms with E-state index < -0.39 is 5.97 Å². The van der Waals surface area contributed by atoms with E-state index in [0.29, 0.717) is 13.1 Å². The van der Waals surface area contributed by atoms with E-state index in [1.807, 2.05) is 13.0 Å². The molecule has 0 atom stereocenters. The number of nitrogens with zero attached hydrogens (tertiary/aromatic N) is 1. The van der Waals surface area contributed by atoms with Gasteiger partial charge in [0.2, 0.25) is 5.76 Å². The number of aromatic nitrogens is 1. The zero-order valence-electron chi connectivity index (χ0n) is 10.2. The fourth-order valence-electron chi connectivity index (χ4n) is 1.57. The van der Waals surface area contributed by atoms with Crippen LogP contribution in [0.25, 0.3) is 0 Å². The van der Waals surface area contributed by atoms with Crippen LogP contribution in [-0.4, -0.2) is 18.2 Å². The molecule has 2 aromatic rings. The minimum Gasteiger partial charge on any atom is -0.463 e. The molecule has 0 bridgehead atoms. The topological polar surface area (TPSA) is 77.5 Å². The van der Waals surface area contributed by atoms with E-state index in [1.165, 1.54) is 13.4 Å². The van der Waals surface area contributed by atoms with Gasteiger partial charge in [-0.05, 0) is 13.0 Å². The summed E-state index contributed by atoms with van der Waals surface area (Å²) in [5.74, 6) is 0.488. The van der Waals surface area contributed by atoms with Crippen molar-refractivity contribution in [2.75, 3.05) is 7.11 Å². The van der Waals surface area contributed by atoms with Crippen molar-refractivity contribution >= 4 is 5.97 Å². The Balaban J connectivity index is 1.90. The van der Waals surface area contributed by atoms with E-state index >= 15 is 0 Å². The normalized spacial score (nSPS) is 10.6. The average Bonchev–Trinajstić information content (AvgIpc) is 2.98. The molecule has 0 saturated carbocycles. The molecule has 0 amide bonds. The van der Waals surface area contributed by atoms with Crippen molar-refractivity contribution in [1.82, 2.24) is 10.5 Å². The largest absolute Gasteiger partial charge is 0.463 e. The van der Waals surface area contributed by atoms with E-state index in [0.717, 1.165) is 17.0 Å². The Hall–Kier alpha value is -2.08. The number of furan rings is 1. The molecule has 18 heavy (non-hydrogen) atoms. The second kappa shape index (κ2) is 5.50. The predicted molar refractivity (Wildman–Crippen MR) is 61.8 cm³/mol. The number of methoxy groups -OCH3 is 1. The molecule has 0 aromatic carbocycles. The third-order valence-electron chi connectivity index (χ3n) is 2.41. The van der Waals surface area contributed by atoms with Gasteiger partial charge >= 0.3 is 5.97 Å². The SMILES string of the molecule is COC(=O)c1occc1CNCc1cc(C)no1. The number of hydrogen-bond acceptors (Lipinski definition) is 6. The molecule has 2 rings (SSSR count). The third-order valence-corrected chi connectivity index (χ3v) is 2.41. The Labute approximate surface area is 104 Å². The summed E-state index contributed by atoms with van der Waals surface area (Å²) in [6.07, 6.45) is 1.46. The molecule has 2 heterocycles. The van der Waals surface area contributed by atoms with Gasteiger partial charge in [-0.1, -0.05) is 5.16 Å². The molecule has 6 nitrogen and oxygen atoms in total. The number of carbonyl (C=O) groups excluding carboxylic acids is 1. The van der Waals surface area contributed by atoms with Crippen LogP contribution in [0.4, 0.5) is 0 Å². The van der Waals surface area contributed by atoms with Crippen molar-refractivity contribution in [3.63, 3.8) is 0 Å². The molecule has 1 N–H and O–H groups in total. The van der Waals surface area contributed by atoms with Gasteiger partial charge in [0.05, 0.1) is 25.6 Å². The maximum absolute atomic E-state index is 11.4. The number of esters is 1. The number of rotatable bonds is 5. The Bertz CT molecular complexity index is 530. The summed E-state index contributed by atoms with van der Waals surface area (Å²) in [6, 6.07) is 3.58. The van der Waals surface area contributed by atoms with Gasteiger partial charge in [-0.25, -0.2) is 4.79 Å². The second-order valence-electron chi connectivity index (χ2n) is 3.80. The van der Waals surface area contributed by atoms with Crippen LogP contribution in [0.5, 0.6) is 0 Å². The molecule has 0 unspecified atom stereocenters. The van der Waals surface area contributed by atoms with Crippen molar-refractivity contribution in [2.24, 2.45) is 0 Å². The van der Waals surface area contributed by atoms with E-state index in [2.05, 4.69) is 15.2 Å². The third kappa shape index (κ3) is 2.78.